The molecule has 0 saturated heterocycles. The van der Waals surface area contributed by atoms with Gasteiger partial charge in [0.15, 0.2) is 0 Å². The number of rotatable bonds is 9. The van der Waals surface area contributed by atoms with Gasteiger partial charge in [0, 0.05) is 18.2 Å². The first-order valence-corrected chi connectivity index (χ1v) is 11.5. The van der Waals surface area contributed by atoms with Crippen LogP contribution in [0.15, 0.2) is 66.2 Å². The molecule has 0 saturated carbocycles. The minimum Gasteiger partial charge on any atom is -0.369 e. The molecular formula is C27H31FN4O3. The van der Waals surface area contributed by atoms with Crippen LogP contribution in [-0.4, -0.2) is 36.6 Å². The number of nitrogens with zero attached hydrogens (tertiary/aromatic N) is 2. The number of allylic oxidation sites excluding steroid dienone is 1. The summed E-state index contributed by atoms with van der Waals surface area (Å²) in [5.41, 5.74) is 7.94. The van der Waals surface area contributed by atoms with Crippen molar-refractivity contribution < 1.29 is 18.8 Å². The predicted molar refractivity (Wildman–Crippen MR) is 134 cm³/mol. The first-order valence-electron chi connectivity index (χ1n) is 11.5. The number of hydrogen-bond donors (Lipinski definition) is 2. The maximum Gasteiger partial charge on any atom is 0.272 e. The Morgan fingerprint density at radius 2 is 1.83 bits per heavy atom. The van der Waals surface area contributed by atoms with E-state index in [1.165, 1.54) is 17.0 Å². The number of nitrogens with one attached hydrogen (secondary N) is 1. The number of benzodiazepines with no additional fused rings is 1. The summed E-state index contributed by atoms with van der Waals surface area (Å²) in [6, 6.07) is 13.0. The van der Waals surface area contributed by atoms with Gasteiger partial charge in [-0.3, -0.25) is 14.4 Å². The molecule has 0 aromatic heterocycles. The van der Waals surface area contributed by atoms with Crippen molar-refractivity contribution in [2.45, 2.75) is 32.9 Å². The van der Waals surface area contributed by atoms with Crippen LogP contribution in [0.4, 0.5) is 10.1 Å². The third-order valence-corrected chi connectivity index (χ3v) is 6.07. The van der Waals surface area contributed by atoms with E-state index in [0.29, 0.717) is 28.9 Å². The summed E-state index contributed by atoms with van der Waals surface area (Å²) < 4.78 is 13.6. The number of aliphatic imine (C=N–C) groups is 1. The highest BCUT2D eigenvalue weighted by molar-refractivity contribution is 6.20. The highest BCUT2D eigenvalue weighted by Crippen LogP contribution is 2.28. The number of halogens is 1. The normalized spacial score (nSPS) is 17.2. The van der Waals surface area contributed by atoms with Crippen LogP contribution < -0.4 is 16.0 Å². The Balaban J connectivity index is 2.05. The minimum atomic E-state index is -1.24. The third-order valence-electron chi connectivity index (χ3n) is 6.07. The highest BCUT2D eigenvalue weighted by atomic mass is 19.1. The number of anilines is 1. The molecule has 1 aliphatic rings. The number of carbonyl (C=O) groups is 3. The molecule has 3 N–H and O–H groups in total. The van der Waals surface area contributed by atoms with Gasteiger partial charge in [-0.05, 0) is 49.1 Å². The molecular weight excluding hydrogens is 447 g/mol. The van der Waals surface area contributed by atoms with Crippen LogP contribution >= 0.6 is 0 Å². The Morgan fingerprint density at radius 1 is 1.17 bits per heavy atom. The van der Waals surface area contributed by atoms with Crippen molar-refractivity contribution in [1.29, 1.82) is 0 Å². The lowest BCUT2D eigenvalue weighted by atomic mass is 9.82. The SMILES string of the molecule is C=CC[C@H](C(N)=O)[C@@H](CC(C)C)C(=O)N[C@@H]1N=C(c2ccc(F)cc2)c2ccccc2N(C)C1=O. The van der Waals surface area contributed by atoms with Gasteiger partial charge in [0.05, 0.1) is 23.2 Å². The number of primary amides is 1. The van der Waals surface area contributed by atoms with Gasteiger partial charge >= 0.3 is 0 Å². The zero-order chi connectivity index (χ0) is 25.7. The fourth-order valence-corrected chi connectivity index (χ4v) is 4.32. The first kappa shape index (κ1) is 25.8. The molecule has 3 amide bonds. The maximum atomic E-state index is 13.6. The van der Waals surface area contributed by atoms with Crippen LogP contribution in [-0.2, 0) is 14.4 Å². The fourth-order valence-electron chi connectivity index (χ4n) is 4.32. The standard InChI is InChI=1S/C27H31FN4O3/c1-5-8-19(24(29)33)21(15-16(2)3)26(34)31-25-27(35)32(4)22-10-7-6-9-20(22)23(30-25)17-11-13-18(28)14-12-17/h5-7,9-14,16,19,21,25H,1,8,15H2,2-4H3,(H2,29,33)(H,31,34)/t19-,21+,25-/m0/s1. The number of hydrogen-bond acceptors (Lipinski definition) is 4. The average molecular weight is 479 g/mol. The fraction of sp³-hybridized carbons (Fsp3) is 0.333. The minimum absolute atomic E-state index is 0.104. The van der Waals surface area contributed by atoms with Crippen molar-refractivity contribution >= 4 is 29.1 Å². The van der Waals surface area contributed by atoms with Crippen LogP contribution in [0.1, 0.15) is 37.8 Å². The number of carbonyl (C=O) groups excluding carboxylic acids is 3. The smallest absolute Gasteiger partial charge is 0.272 e. The van der Waals surface area contributed by atoms with E-state index in [2.05, 4.69) is 16.9 Å². The van der Waals surface area contributed by atoms with Gasteiger partial charge < -0.3 is 16.0 Å². The van der Waals surface area contributed by atoms with Gasteiger partial charge in [0.25, 0.3) is 5.91 Å². The second-order valence-corrected chi connectivity index (χ2v) is 9.08. The molecule has 0 bridgehead atoms. The van der Waals surface area contributed by atoms with Gasteiger partial charge in [-0.1, -0.05) is 38.1 Å². The molecule has 3 atom stereocenters. The number of nitrogens with two attached hydrogens (primary N) is 1. The average Bonchev–Trinajstić information content (AvgIpc) is 2.92. The van der Waals surface area contributed by atoms with E-state index < -0.39 is 41.5 Å². The Labute approximate surface area is 204 Å². The quantitative estimate of drug-likeness (QED) is 0.540. The number of para-hydroxylation sites is 1. The Bertz CT molecular complexity index is 1140. The first-order chi connectivity index (χ1) is 16.6. The van der Waals surface area contributed by atoms with E-state index >= 15 is 0 Å². The van der Waals surface area contributed by atoms with Gasteiger partial charge in [-0.15, -0.1) is 6.58 Å². The van der Waals surface area contributed by atoms with Gasteiger partial charge in [-0.25, -0.2) is 9.38 Å². The summed E-state index contributed by atoms with van der Waals surface area (Å²) in [5, 5.41) is 2.75. The second kappa shape index (κ2) is 11.1. The molecule has 0 unspecified atom stereocenters. The lowest BCUT2D eigenvalue weighted by Crippen LogP contribution is -2.50. The highest BCUT2D eigenvalue weighted by Gasteiger charge is 2.36. The maximum absolute atomic E-state index is 13.6. The van der Waals surface area contributed by atoms with Crippen LogP contribution in [0.3, 0.4) is 0 Å². The molecule has 0 fully saturated rings. The van der Waals surface area contributed by atoms with Gasteiger partial charge in [0.2, 0.25) is 18.0 Å². The van der Waals surface area contributed by atoms with Crippen molar-refractivity contribution in [3.8, 4) is 0 Å². The summed E-state index contributed by atoms with van der Waals surface area (Å²) in [4.78, 5) is 45.1. The van der Waals surface area contributed by atoms with Crippen LogP contribution in [0.25, 0.3) is 0 Å². The predicted octanol–water partition coefficient (Wildman–Crippen LogP) is 3.42. The molecule has 35 heavy (non-hydrogen) atoms. The van der Waals surface area contributed by atoms with Crippen molar-refractivity contribution in [2.24, 2.45) is 28.5 Å². The topological polar surface area (TPSA) is 105 Å². The van der Waals surface area contributed by atoms with Crippen molar-refractivity contribution in [2.75, 3.05) is 11.9 Å². The zero-order valence-electron chi connectivity index (χ0n) is 20.2. The Kier molecular flexibility index (Phi) is 8.17. The van der Waals surface area contributed by atoms with Crippen LogP contribution in [0, 0.1) is 23.6 Å². The van der Waals surface area contributed by atoms with Gasteiger partial charge in [-0.2, -0.15) is 0 Å². The number of amides is 3. The molecule has 2 aromatic rings. The molecule has 1 heterocycles. The second-order valence-electron chi connectivity index (χ2n) is 9.08. The zero-order valence-corrected chi connectivity index (χ0v) is 20.2. The van der Waals surface area contributed by atoms with E-state index in [4.69, 9.17) is 5.73 Å². The molecule has 0 spiro atoms. The molecule has 0 radical (unpaired) electrons. The lowest BCUT2D eigenvalue weighted by molar-refractivity contribution is -0.135. The summed E-state index contributed by atoms with van der Waals surface area (Å²) in [5.74, 6) is -3.32. The molecule has 184 valence electrons. The van der Waals surface area contributed by atoms with Crippen molar-refractivity contribution in [3.63, 3.8) is 0 Å². The number of benzene rings is 2. The summed E-state index contributed by atoms with van der Waals surface area (Å²) in [6.45, 7) is 7.56. The van der Waals surface area contributed by atoms with E-state index in [1.54, 1.807) is 37.4 Å². The van der Waals surface area contributed by atoms with Crippen LogP contribution in [0.5, 0.6) is 0 Å². The number of fused-ring (bicyclic) bond motifs is 1. The van der Waals surface area contributed by atoms with Gasteiger partial charge in [0.1, 0.15) is 5.82 Å². The number of likely N-dealkylation sites (N-methyl/N-ethyl adjacent to an activating group) is 1. The van der Waals surface area contributed by atoms with Crippen molar-refractivity contribution in [1.82, 2.24) is 5.32 Å². The largest absolute Gasteiger partial charge is 0.369 e. The molecule has 2 aromatic carbocycles. The molecule has 0 aliphatic carbocycles. The molecule has 1 aliphatic heterocycles. The monoisotopic (exact) mass is 478 g/mol. The molecule has 7 nitrogen and oxygen atoms in total. The Morgan fingerprint density at radius 3 is 2.43 bits per heavy atom. The van der Waals surface area contributed by atoms with E-state index in [-0.39, 0.29) is 12.3 Å². The van der Waals surface area contributed by atoms with Crippen molar-refractivity contribution in [3.05, 3.63) is 78.1 Å². The Hall–Kier alpha value is -3.81. The summed E-state index contributed by atoms with van der Waals surface area (Å²) >= 11 is 0. The molecule has 3 rings (SSSR count). The molecule has 8 heteroatoms. The third kappa shape index (κ3) is 5.82. The van der Waals surface area contributed by atoms with E-state index in [1.807, 2.05) is 26.0 Å². The van der Waals surface area contributed by atoms with E-state index in [0.717, 1.165) is 0 Å². The summed E-state index contributed by atoms with van der Waals surface area (Å²) in [7, 11) is 1.61. The van der Waals surface area contributed by atoms with E-state index in [9.17, 15) is 18.8 Å². The van der Waals surface area contributed by atoms with Crippen LogP contribution in [0.2, 0.25) is 0 Å². The summed E-state index contributed by atoms with van der Waals surface area (Å²) in [6.07, 6.45) is 0.960. The lowest BCUT2D eigenvalue weighted by Gasteiger charge is -2.27.